The van der Waals surface area contributed by atoms with Crippen molar-refractivity contribution in [3.05, 3.63) is 17.0 Å². The monoisotopic (exact) mass is 391 g/mol. The zero-order valence-electron chi connectivity index (χ0n) is 17.4. The number of aryl methyl sites for hydroxylation is 2. The van der Waals surface area contributed by atoms with Crippen LogP contribution < -0.4 is 5.32 Å². The van der Waals surface area contributed by atoms with Crippen LogP contribution in [-0.2, 0) is 16.0 Å². The predicted molar refractivity (Wildman–Crippen MR) is 107 cm³/mol. The van der Waals surface area contributed by atoms with Crippen molar-refractivity contribution >= 4 is 11.9 Å². The van der Waals surface area contributed by atoms with Crippen LogP contribution in [0.2, 0.25) is 0 Å². The minimum absolute atomic E-state index is 0.125. The zero-order valence-corrected chi connectivity index (χ0v) is 17.4. The number of guanidine groups is 1. The number of amides is 1. The van der Waals surface area contributed by atoms with E-state index in [0.29, 0.717) is 25.7 Å². The minimum atomic E-state index is 0.125. The number of aliphatic imine (C=N–C) groups is 1. The molecule has 2 aliphatic rings. The zero-order chi connectivity index (χ0) is 19.9. The molecule has 3 heterocycles. The van der Waals surface area contributed by atoms with Crippen molar-refractivity contribution < 1.29 is 14.1 Å². The van der Waals surface area contributed by atoms with E-state index in [4.69, 9.17) is 14.3 Å². The number of piperidine rings is 1. The molecule has 1 aromatic heterocycles. The maximum atomic E-state index is 12.7. The van der Waals surface area contributed by atoms with Gasteiger partial charge in [-0.15, -0.1) is 0 Å². The normalized spacial score (nSPS) is 19.2. The molecular formula is C20H33N5O3. The quantitative estimate of drug-likeness (QED) is 0.603. The number of carbonyl (C=O) groups excluding carboxylic acids is 1. The lowest BCUT2D eigenvalue weighted by Gasteiger charge is -2.36. The highest BCUT2D eigenvalue weighted by molar-refractivity contribution is 5.82. The third-order valence-electron chi connectivity index (χ3n) is 5.61. The van der Waals surface area contributed by atoms with Crippen molar-refractivity contribution in [3.63, 3.8) is 0 Å². The third-order valence-corrected chi connectivity index (χ3v) is 5.61. The fourth-order valence-corrected chi connectivity index (χ4v) is 3.94. The van der Waals surface area contributed by atoms with Crippen LogP contribution in [0.15, 0.2) is 9.52 Å². The van der Waals surface area contributed by atoms with Gasteiger partial charge in [-0.3, -0.25) is 9.79 Å². The first kappa shape index (κ1) is 20.6. The Kier molecular flexibility index (Phi) is 7.30. The minimum Gasteiger partial charge on any atom is -0.378 e. The number of morpholine rings is 1. The van der Waals surface area contributed by atoms with Crippen LogP contribution in [0.5, 0.6) is 0 Å². The van der Waals surface area contributed by atoms with Gasteiger partial charge in [-0.05, 0) is 40.0 Å². The first-order valence-electron chi connectivity index (χ1n) is 10.4. The van der Waals surface area contributed by atoms with Crippen LogP contribution in [0.25, 0.3) is 0 Å². The van der Waals surface area contributed by atoms with E-state index >= 15 is 0 Å². The molecule has 2 saturated heterocycles. The molecule has 3 rings (SSSR count). The summed E-state index contributed by atoms with van der Waals surface area (Å²) in [6.45, 7) is 12.0. The molecule has 0 aliphatic carbocycles. The van der Waals surface area contributed by atoms with Gasteiger partial charge in [-0.25, -0.2) is 0 Å². The van der Waals surface area contributed by atoms with Gasteiger partial charge >= 0.3 is 0 Å². The Balaban J connectivity index is 1.52. The maximum Gasteiger partial charge on any atom is 0.225 e. The van der Waals surface area contributed by atoms with E-state index < -0.39 is 0 Å². The van der Waals surface area contributed by atoms with Crippen molar-refractivity contribution in [1.82, 2.24) is 20.3 Å². The molecule has 0 spiro atoms. The predicted octanol–water partition coefficient (Wildman–Crippen LogP) is 1.37. The summed E-state index contributed by atoms with van der Waals surface area (Å²) in [5, 5.41) is 7.40. The van der Waals surface area contributed by atoms with Crippen LogP contribution in [0.3, 0.4) is 0 Å². The second kappa shape index (κ2) is 9.91. The second-order valence-corrected chi connectivity index (χ2v) is 7.49. The van der Waals surface area contributed by atoms with Gasteiger partial charge in [-0.1, -0.05) is 5.16 Å². The Bertz CT molecular complexity index is 654. The largest absolute Gasteiger partial charge is 0.378 e. The highest BCUT2D eigenvalue weighted by atomic mass is 16.5. The summed E-state index contributed by atoms with van der Waals surface area (Å²) in [5.41, 5.74) is 2.09. The highest BCUT2D eigenvalue weighted by Gasteiger charge is 2.30. The summed E-state index contributed by atoms with van der Waals surface area (Å²) < 4.78 is 10.6. The summed E-state index contributed by atoms with van der Waals surface area (Å²) in [4.78, 5) is 21.8. The van der Waals surface area contributed by atoms with E-state index in [1.54, 1.807) is 0 Å². The number of rotatable bonds is 5. The van der Waals surface area contributed by atoms with E-state index in [2.05, 4.69) is 22.3 Å². The standard InChI is InChI=1S/C20H33N5O3/c1-4-21-20(22-8-5-18-15(2)23-28-16(18)3)25-9-6-17(7-10-25)19(26)24-11-13-27-14-12-24/h17H,4-14H2,1-3H3,(H,21,22). The highest BCUT2D eigenvalue weighted by Crippen LogP contribution is 2.20. The van der Waals surface area contributed by atoms with Gasteiger partial charge in [-0.2, -0.15) is 0 Å². The molecule has 2 aliphatic heterocycles. The van der Waals surface area contributed by atoms with Gasteiger partial charge < -0.3 is 24.4 Å². The topological polar surface area (TPSA) is 83.2 Å². The van der Waals surface area contributed by atoms with Crippen LogP contribution in [0, 0.1) is 19.8 Å². The lowest BCUT2D eigenvalue weighted by atomic mass is 9.95. The third kappa shape index (κ3) is 5.04. The van der Waals surface area contributed by atoms with Gasteiger partial charge in [0.1, 0.15) is 5.76 Å². The first-order valence-corrected chi connectivity index (χ1v) is 10.4. The lowest BCUT2D eigenvalue weighted by molar-refractivity contribution is -0.140. The Morgan fingerprint density at radius 1 is 1.18 bits per heavy atom. The van der Waals surface area contributed by atoms with Crippen molar-refractivity contribution in [2.24, 2.45) is 10.9 Å². The van der Waals surface area contributed by atoms with E-state index in [1.807, 2.05) is 18.7 Å². The Hall–Kier alpha value is -2.09. The number of likely N-dealkylation sites (tertiary alicyclic amines) is 1. The molecule has 28 heavy (non-hydrogen) atoms. The molecule has 0 saturated carbocycles. The van der Waals surface area contributed by atoms with Gasteiger partial charge in [0.05, 0.1) is 18.9 Å². The van der Waals surface area contributed by atoms with E-state index in [-0.39, 0.29) is 5.92 Å². The molecule has 0 atom stereocenters. The van der Waals surface area contributed by atoms with E-state index in [9.17, 15) is 4.79 Å². The molecule has 0 unspecified atom stereocenters. The van der Waals surface area contributed by atoms with E-state index in [0.717, 1.165) is 75.0 Å². The van der Waals surface area contributed by atoms with Crippen molar-refractivity contribution in [1.29, 1.82) is 0 Å². The number of hydrogen-bond acceptors (Lipinski definition) is 5. The van der Waals surface area contributed by atoms with Crippen LogP contribution in [-0.4, -0.2) is 79.3 Å². The molecular weight excluding hydrogens is 358 g/mol. The number of carbonyl (C=O) groups is 1. The summed E-state index contributed by atoms with van der Waals surface area (Å²) in [6.07, 6.45) is 2.58. The van der Waals surface area contributed by atoms with Crippen LogP contribution >= 0.6 is 0 Å². The first-order chi connectivity index (χ1) is 13.6. The summed E-state index contributed by atoms with van der Waals surface area (Å²) >= 11 is 0. The van der Waals surface area contributed by atoms with Gasteiger partial charge in [0, 0.05) is 50.7 Å². The number of ether oxygens (including phenoxy) is 1. The van der Waals surface area contributed by atoms with Crippen LogP contribution in [0.1, 0.15) is 36.8 Å². The van der Waals surface area contributed by atoms with Gasteiger partial charge in [0.15, 0.2) is 5.96 Å². The average Bonchev–Trinajstić information content (AvgIpc) is 3.05. The van der Waals surface area contributed by atoms with Crippen molar-refractivity contribution in [2.45, 2.75) is 40.0 Å². The van der Waals surface area contributed by atoms with Gasteiger partial charge in [0.2, 0.25) is 5.91 Å². The Labute approximate surface area is 167 Å². The molecule has 2 fully saturated rings. The summed E-state index contributed by atoms with van der Waals surface area (Å²) in [6, 6.07) is 0. The molecule has 0 bridgehead atoms. The number of nitrogens with zero attached hydrogens (tertiary/aromatic N) is 4. The molecule has 1 aromatic rings. The number of aromatic nitrogens is 1. The molecule has 8 heteroatoms. The average molecular weight is 392 g/mol. The molecule has 1 amide bonds. The SMILES string of the molecule is CCNC(=NCCc1c(C)noc1C)N1CCC(C(=O)N2CCOCC2)CC1. The molecule has 8 nitrogen and oxygen atoms in total. The molecule has 1 N–H and O–H groups in total. The van der Waals surface area contributed by atoms with Crippen molar-refractivity contribution in [3.8, 4) is 0 Å². The Morgan fingerprint density at radius 2 is 1.89 bits per heavy atom. The smallest absolute Gasteiger partial charge is 0.225 e. The molecule has 156 valence electrons. The number of nitrogens with one attached hydrogen (secondary N) is 1. The fourth-order valence-electron chi connectivity index (χ4n) is 3.94. The van der Waals surface area contributed by atoms with Crippen molar-refractivity contribution in [2.75, 3.05) is 52.5 Å². The van der Waals surface area contributed by atoms with Crippen LogP contribution in [0.4, 0.5) is 0 Å². The maximum absolute atomic E-state index is 12.7. The Morgan fingerprint density at radius 3 is 2.50 bits per heavy atom. The molecule has 0 radical (unpaired) electrons. The summed E-state index contributed by atoms with van der Waals surface area (Å²) in [7, 11) is 0. The summed E-state index contributed by atoms with van der Waals surface area (Å²) in [5.74, 6) is 2.23. The van der Waals surface area contributed by atoms with E-state index in [1.165, 1.54) is 0 Å². The van der Waals surface area contributed by atoms with Gasteiger partial charge in [0.25, 0.3) is 0 Å². The molecule has 0 aromatic carbocycles. The second-order valence-electron chi connectivity index (χ2n) is 7.49. The fraction of sp³-hybridized carbons (Fsp3) is 0.750. The number of hydrogen-bond donors (Lipinski definition) is 1. The lowest BCUT2D eigenvalue weighted by Crippen LogP contribution is -2.50.